The van der Waals surface area contributed by atoms with Gasteiger partial charge in [0.15, 0.2) is 0 Å². The van der Waals surface area contributed by atoms with Crippen LogP contribution in [0.3, 0.4) is 0 Å². The van der Waals surface area contributed by atoms with Crippen LogP contribution in [0, 0.1) is 11.8 Å². The highest BCUT2D eigenvalue weighted by atomic mass is 79.9. The second-order valence-electron chi connectivity index (χ2n) is 4.57. The molecule has 0 radical (unpaired) electrons. The van der Waals surface area contributed by atoms with Crippen LogP contribution in [0.5, 0.6) is 0 Å². The lowest BCUT2D eigenvalue weighted by Gasteiger charge is -2.14. The summed E-state index contributed by atoms with van der Waals surface area (Å²) in [6.45, 7) is 1.89. The van der Waals surface area contributed by atoms with Gasteiger partial charge in [-0.05, 0) is 31.0 Å². The summed E-state index contributed by atoms with van der Waals surface area (Å²) in [5.74, 6) is -1.92. The third kappa shape index (κ3) is 2.90. The predicted octanol–water partition coefficient (Wildman–Crippen LogP) is 2.35. The first-order chi connectivity index (χ1) is 8.49. The first-order valence-electron chi connectivity index (χ1n) is 5.77. The van der Waals surface area contributed by atoms with Crippen LogP contribution < -0.4 is 5.32 Å². The Morgan fingerprint density at radius 2 is 2.17 bits per heavy atom. The average molecular weight is 312 g/mol. The fraction of sp³-hybridized carbons (Fsp3) is 0.385. The molecule has 1 aliphatic carbocycles. The van der Waals surface area contributed by atoms with Gasteiger partial charge in [-0.25, -0.2) is 0 Å². The molecule has 1 aliphatic rings. The number of halogens is 1. The Hall–Kier alpha value is -1.36. The molecule has 2 N–H and O–H groups in total. The zero-order valence-electron chi connectivity index (χ0n) is 9.89. The molecule has 0 bridgehead atoms. The smallest absolute Gasteiger partial charge is 0.307 e. The molecule has 2 unspecified atom stereocenters. The monoisotopic (exact) mass is 311 g/mol. The van der Waals surface area contributed by atoms with Crippen LogP contribution in [-0.2, 0) is 9.59 Å². The maximum Gasteiger partial charge on any atom is 0.307 e. The largest absolute Gasteiger partial charge is 0.481 e. The molecule has 0 saturated heterocycles. The van der Waals surface area contributed by atoms with Gasteiger partial charge in [0.25, 0.3) is 0 Å². The van der Waals surface area contributed by atoms with E-state index in [1.54, 1.807) is 0 Å². The summed E-state index contributed by atoms with van der Waals surface area (Å²) in [5.41, 5.74) is 0.991. The second kappa shape index (κ2) is 5.10. The topological polar surface area (TPSA) is 66.4 Å². The normalized spacial score (nSPS) is 23.2. The van der Waals surface area contributed by atoms with Gasteiger partial charge >= 0.3 is 5.97 Å². The molecule has 1 amide bonds. The second-order valence-corrected chi connectivity index (χ2v) is 5.49. The molecule has 3 atom stereocenters. The standard InChI is InChI=1S/C13H14BrNO3/c1-7(8-3-2-4-9(14)5-8)15-12(16)10-6-11(10)13(17)18/h2-5,7,10-11H,6H2,1H3,(H,15,16)(H,17,18)/t7-,10?,11?/m1/s1. The van der Waals surface area contributed by atoms with Gasteiger partial charge < -0.3 is 10.4 Å². The number of carbonyl (C=O) groups excluding carboxylic acids is 1. The summed E-state index contributed by atoms with van der Waals surface area (Å²) in [7, 11) is 0. The molecular formula is C13H14BrNO3. The van der Waals surface area contributed by atoms with Crippen LogP contribution in [0.1, 0.15) is 24.9 Å². The van der Waals surface area contributed by atoms with Crippen molar-refractivity contribution in [1.82, 2.24) is 5.32 Å². The van der Waals surface area contributed by atoms with Crippen LogP contribution >= 0.6 is 15.9 Å². The van der Waals surface area contributed by atoms with Crippen LogP contribution in [-0.4, -0.2) is 17.0 Å². The molecule has 96 valence electrons. The molecular weight excluding hydrogens is 298 g/mol. The molecule has 1 saturated carbocycles. The summed E-state index contributed by atoms with van der Waals surface area (Å²) < 4.78 is 0.955. The summed E-state index contributed by atoms with van der Waals surface area (Å²) in [6, 6.07) is 7.56. The first-order valence-corrected chi connectivity index (χ1v) is 6.57. The van der Waals surface area contributed by atoms with Gasteiger partial charge in [-0.2, -0.15) is 0 Å². The van der Waals surface area contributed by atoms with E-state index in [4.69, 9.17) is 5.11 Å². The van der Waals surface area contributed by atoms with E-state index in [0.717, 1.165) is 10.0 Å². The lowest BCUT2D eigenvalue weighted by atomic mass is 10.1. The first kappa shape index (κ1) is 13.1. The Balaban J connectivity index is 1.94. The lowest BCUT2D eigenvalue weighted by molar-refractivity contribution is -0.140. The number of carboxylic acids is 1. The van der Waals surface area contributed by atoms with Crippen molar-refractivity contribution in [3.8, 4) is 0 Å². The fourth-order valence-corrected chi connectivity index (χ4v) is 2.35. The van der Waals surface area contributed by atoms with Crippen LogP contribution in [0.2, 0.25) is 0 Å². The van der Waals surface area contributed by atoms with Crippen molar-refractivity contribution in [1.29, 1.82) is 0 Å². The molecule has 1 aromatic carbocycles. The van der Waals surface area contributed by atoms with Gasteiger partial charge in [0.2, 0.25) is 5.91 Å². The number of hydrogen-bond donors (Lipinski definition) is 2. The van der Waals surface area contributed by atoms with E-state index in [9.17, 15) is 9.59 Å². The van der Waals surface area contributed by atoms with Gasteiger partial charge in [0, 0.05) is 4.47 Å². The molecule has 5 heteroatoms. The molecule has 2 rings (SSSR count). The highest BCUT2D eigenvalue weighted by Crippen LogP contribution is 2.39. The lowest BCUT2D eigenvalue weighted by Crippen LogP contribution is -2.29. The highest BCUT2D eigenvalue weighted by molar-refractivity contribution is 9.10. The summed E-state index contributed by atoms with van der Waals surface area (Å²) >= 11 is 3.38. The Morgan fingerprint density at radius 1 is 1.44 bits per heavy atom. The predicted molar refractivity (Wildman–Crippen MR) is 69.9 cm³/mol. The van der Waals surface area contributed by atoms with Gasteiger partial charge in [-0.1, -0.05) is 28.1 Å². The maximum absolute atomic E-state index is 11.8. The van der Waals surface area contributed by atoms with E-state index < -0.39 is 11.9 Å². The van der Waals surface area contributed by atoms with Crippen molar-refractivity contribution >= 4 is 27.8 Å². The minimum absolute atomic E-state index is 0.120. The molecule has 0 heterocycles. The molecule has 0 aromatic heterocycles. The van der Waals surface area contributed by atoms with Gasteiger partial charge in [0.1, 0.15) is 0 Å². The SMILES string of the molecule is C[C@@H](NC(=O)C1CC1C(=O)O)c1cccc(Br)c1. The number of aliphatic carboxylic acids is 1. The van der Waals surface area contributed by atoms with Crippen molar-refractivity contribution in [3.63, 3.8) is 0 Å². The minimum Gasteiger partial charge on any atom is -0.481 e. The van der Waals surface area contributed by atoms with Gasteiger partial charge in [-0.3, -0.25) is 9.59 Å². The number of carboxylic acid groups (broad SMARTS) is 1. The summed E-state index contributed by atoms with van der Waals surface area (Å²) in [6.07, 6.45) is 0.451. The highest BCUT2D eigenvalue weighted by Gasteiger charge is 2.48. The Kier molecular flexibility index (Phi) is 3.71. The van der Waals surface area contributed by atoms with Crippen LogP contribution in [0.25, 0.3) is 0 Å². The molecule has 18 heavy (non-hydrogen) atoms. The number of nitrogens with one attached hydrogen (secondary N) is 1. The molecule has 1 aromatic rings. The van der Waals surface area contributed by atoms with Crippen LogP contribution in [0.4, 0.5) is 0 Å². The zero-order chi connectivity index (χ0) is 13.3. The number of amides is 1. The third-order valence-electron chi connectivity index (χ3n) is 3.15. The Morgan fingerprint density at radius 3 is 2.72 bits per heavy atom. The summed E-state index contributed by atoms with van der Waals surface area (Å²) in [4.78, 5) is 22.5. The molecule has 0 spiro atoms. The summed E-state index contributed by atoms with van der Waals surface area (Å²) in [5, 5.41) is 11.6. The quantitative estimate of drug-likeness (QED) is 0.897. The number of rotatable bonds is 4. The number of benzene rings is 1. The molecule has 4 nitrogen and oxygen atoms in total. The van der Waals surface area contributed by atoms with Crippen molar-refractivity contribution in [3.05, 3.63) is 34.3 Å². The van der Waals surface area contributed by atoms with E-state index >= 15 is 0 Å². The fourth-order valence-electron chi connectivity index (χ4n) is 1.94. The van der Waals surface area contributed by atoms with E-state index in [2.05, 4.69) is 21.2 Å². The van der Waals surface area contributed by atoms with E-state index in [0.29, 0.717) is 6.42 Å². The Labute approximate surface area is 114 Å². The van der Waals surface area contributed by atoms with E-state index in [1.165, 1.54) is 0 Å². The van der Waals surface area contributed by atoms with Gasteiger partial charge in [0.05, 0.1) is 17.9 Å². The zero-order valence-corrected chi connectivity index (χ0v) is 11.5. The van der Waals surface area contributed by atoms with Crippen LogP contribution in [0.15, 0.2) is 28.7 Å². The van der Waals surface area contributed by atoms with Crippen molar-refractivity contribution < 1.29 is 14.7 Å². The average Bonchev–Trinajstić information content (AvgIpc) is 3.08. The van der Waals surface area contributed by atoms with Crippen molar-refractivity contribution in [2.24, 2.45) is 11.8 Å². The molecule has 0 aliphatic heterocycles. The Bertz CT molecular complexity index is 489. The van der Waals surface area contributed by atoms with Crippen molar-refractivity contribution in [2.45, 2.75) is 19.4 Å². The molecule has 1 fully saturated rings. The van der Waals surface area contributed by atoms with Crippen molar-refractivity contribution in [2.75, 3.05) is 0 Å². The third-order valence-corrected chi connectivity index (χ3v) is 3.65. The van der Waals surface area contributed by atoms with Gasteiger partial charge in [-0.15, -0.1) is 0 Å². The maximum atomic E-state index is 11.8. The van der Waals surface area contributed by atoms with E-state index in [-0.39, 0.29) is 17.9 Å². The minimum atomic E-state index is -0.884. The number of hydrogen-bond acceptors (Lipinski definition) is 2. The number of carbonyl (C=O) groups is 2. The van der Waals surface area contributed by atoms with E-state index in [1.807, 2.05) is 31.2 Å².